The molecule has 6 nitrogen and oxygen atoms in total. The van der Waals surface area contributed by atoms with Crippen LogP contribution in [0.1, 0.15) is 92.8 Å². The first kappa shape index (κ1) is 18.3. The second kappa shape index (κ2) is 6.97. The Morgan fingerprint density at radius 3 is 2.43 bits per heavy atom. The van der Waals surface area contributed by atoms with Crippen LogP contribution in [0.25, 0.3) is 0 Å². The Balaban J connectivity index is 1.19. The largest absolute Gasteiger partial charge is 0.360 e. The molecule has 0 bridgehead atoms. The van der Waals surface area contributed by atoms with Gasteiger partial charge < -0.3 is 15.6 Å². The summed E-state index contributed by atoms with van der Waals surface area (Å²) >= 11 is 0. The van der Waals surface area contributed by atoms with E-state index in [0.717, 1.165) is 76.4 Å². The van der Waals surface area contributed by atoms with Crippen molar-refractivity contribution in [3.05, 3.63) is 17.5 Å². The highest BCUT2D eigenvalue weighted by Gasteiger charge is 2.54. The molecule has 0 aromatic carbocycles. The molecule has 2 atom stereocenters. The topological polar surface area (TPSA) is 98.2 Å². The van der Waals surface area contributed by atoms with Gasteiger partial charge in [-0.2, -0.15) is 0 Å². The summed E-state index contributed by atoms with van der Waals surface area (Å²) in [5, 5.41) is 7.19. The van der Waals surface area contributed by atoms with Gasteiger partial charge in [0, 0.05) is 35.9 Å². The lowest BCUT2D eigenvalue weighted by atomic mass is 9.70. The van der Waals surface area contributed by atoms with Gasteiger partial charge in [-0.05, 0) is 76.0 Å². The molecular weight excluding hydrogens is 354 g/mol. The van der Waals surface area contributed by atoms with Gasteiger partial charge in [0.2, 0.25) is 0 Å². The number of nitrogens with one attached hydrogen (secondary N) is 1. The van der Waals surface area contributed by atoms with Gasteiger partial charge in [-0.1, -0.05) is 5.16 Å². The molecule has 0 saturated heterocycles. The monoisotopic (exact) mass is 385 g/mol. The highest BCUT2D eigenvalue weighted by molar-refractivity contribution is 5.92. The van der Waals surface area contributed by atoms with Gasteiger partial charge in [0.25, 0.3) is 5.91 Å². The zero-order chi connectivity index (χ0) is 19.3. The third-order valence-corrected chi connectivity index (χ3v) is 7.71. The number of hydrogen-bond donors (Lipinski definition) is 2. The van der Waals surface area contributed by atoms with Crippen molar-refractivity contribution in [1.82, 2.24) is 10.5 Å². The first-order chi connectivity index (χ1) is 13.5. The minimum absolute atomic E-state index is 0.127. The molecule has 1 aromatic rings. The SMILES string of the molecule is N[C@H]1CC[C@H](C(=O)C2CCC(NC(=O)c3cc(C4CC4)on3)C3(CC3)C2)CC1. The molecule has 1 aromatic heterocycles. The van der Waals surface area contributed by atoms with Gasteiger partial charge in [-0.25, -0.2) is 0 Å². The number of ketones is 1. The molecule has 4 aliphatic rings. The fraction of sp³-hybridized carbons (Fsp3) is 0.773. The minimum atomic E-state index is -0.127. The summed E-state index contributed by atoms with van der Waals surface area (Å²) in [6.45, 7) is 0. The van der Waals surface area contributed by atoms with Crippen LogP contribution in [0.2, 0.25) is 0 Å². The Morgan fingerprint density at radius 2 is 1.75 bits per heavy atom. The molecule has 28 heavy (non-hydrogen) atoms. The van der Waals surface area contributed by atoms with E-state index in [1.807, 2.05) is 0 Å². The first-order valence-electron chi connectivity index (χ1n) is 11.1. The summed E-state index contributed by atoms with van der Waals surface area (Å²) in [7, 11) is 0. The molecule has 1 amide bonds. The lowest BCUT2D eigenvalue weighted by molar-refractivity contribution is -0.129. The number of Topliss-reactive ketones (excluding diaryl/α,β-unsaturated/α-hetero) is 1. The number of rotatable bonds is 5. The summed E-state index contributed by atoms with van der Waals surface area (Å²) in [4.78, 5) is 25.7. The Kier molecular flexibility index (Phi) is 4.57. The Bertz CT molecular complexity index is 757. The second-order valence-electron chi connectivity index (χ2n) is 9.77. The Morgan fingerprint density at radius 1 is 1.04 bits per heavy atom. The van der Waals surface area contributed by atoms with Crippen LogP contribution in [0.4, 0.5) is 0 Å². The molecule has 4 saturated carbocycles. The fourth-order valence-electron chi connectivity index (χ4n) is 5.52. The Hall–Kier alpha value is -1.69. The van der Waals surface area contributed by atoms with Crippen molar-refractivity contribution in [2.45, 2.75) is 88.6 Å². The maximum atomic E-state index is 13.0. The summed E-state index contributed by atoms with van der Waals surface area (Å²) in [6.07, 6.45) is 11.1. The standard InChI is InChI=1S/C22H31N3O3/c23-16-6-3-14(4-7-16)20(26)15-5-8-19(22(12-15)9-10-22)24-21(27)17-11-18(28-25-17)13-1-2-13/h11,13-16,19H,1-10,12,23H2,(H,24,27)/t14-,15?,16-,19?. The number of nitrogens with zero attached hydrogens (tertiary/aromatic N) is 1. The minimum Gasteiger partial charge on any atom is -0.360 e. The molecule has 3 N–H and O–H groups in total. The molecule has 6 heteroatoms. The lowest BCUT2D eigenvalue weighted by Gasteiger charge is -2.38. The average molecular weight is 386 g/mol. The Labute approximate surface area is 166 Å². The summed E-state index contributed by atoms with van der Waals surface area (Å²) < 4.78 is 5.33. The van der Waals surface area contributed by atoms with Crippen LogP contribution in [0, 0.1) is 17.3 Å². The maximum absolute atomic E-state index is 13.0. The van der Waals surface area contributed by atoms with Crippen LogP contribution in [-0.2, 0) is 4.79 Å². The number of amides is 1. The summed E-state index contributed by atoms with van der Waals surface area (Å²) in [5.74, 6) is 2.02. The van der Waals surface area contributed by atoms with E-state index in [9.17, 15) is 9.59 Å². The van der Waals surface area contributed by atoms with Crippen LogP contribution in [0.5, 0.6) is 0 Å². The predicted molar refractivity (Wildman–Crippen MR) is 104 cm³/mol. The normalized spacial score (nSPS) is 34.2. The van der Waals surface area contributed by atoms with E-state index in [-0.39, 0.29) is 35.2 Å². The number of carbonyl (C=O) groups excluding carboxylic acids is 2. The highest BCUT2D eigenvalue weighted by atomic mass is 16.5. The van der Waals surface area contributed by atoms with Crippen LogP contribution in [0.15, 0.2) is 10.6 Å². The van der Waals surface area contributed by atoms with E-state index < -0.39 is 0 Å². The van der Waals surface area contributed by atoms with Gasteiger partial charge in [0.15, 0.2) is 5.69 Å². The van der Waals surface area contributed by atoms with Crippen LogP contribution < -0.4 is 11.1 Å². The smallest absolute Gasteiger partial charge is 0.273 e. The molecule has 1 heterocycles. The number of hydrogen-bond acceptors (Lipinski definition) is 5. The quantitative estimate of drug-likeness (QED) is 0.810. The van der Waals surface area contributed by atoms with Crippen LogP contribution >= 0.6 is 0 Å². The van der Waals surface area contributed by atoms with Gasteiger partial charge in [0.05, 0.1) is 0 Å². The second-order valence-corrected chi connectivity index (χ2v) is 9.77. The molecule has 152 valence electrons. The fourth-order valence-corrected chi connectivity index (χ4v) is 5.52. The number of nitrogens with two attached hydrogens (primary N) is 1. The third kappa shape index (κ3) is 3.51. The van der Waals surface area contributed by atoms with E-state index in [0.29, 0.717) is 17.4 Å². The molecule has 1 spiro atoms. The molecule has 4 fully saturated rings. The average Bonchev–Trinajstić information content (AvgIpc) is 3.63. The van der Waals surface area contributed by atoms with Gasteiger partial charge in [-0.3, -0.25) is 9.59 Å². The number of aromatic nitrogens is 1. The van der Waals surface area contributed by atoms with Crippen molar-refractivity contribution in [2.75, 3.05) is 0 Å². The molecular formula is C22H31N3O3. The van der Waals surface area contributed by atoms with E-state index in [1.54, 1.807) is 6.07 Å². The van der Waals surface area contributed by atoms with E-state index in [4.69, 9.17) is 10.3 Å². The van der Waals surface area contributed by atoms with Gasteiger partial charge in [0.1, 0.15) is 11.5 Å². The maximum Gasteiger partial charge on any atom is 0.273 e. The van der Waals surface area contributed by atoms with Crippen molar-refractivity contribution < 1.29 is 14.1 Å². The summed E-state index contributed by atoms with van der Waals surface area (Å²) in [6, 6.07) is 2.24. The van der Waals surface area contributed by atoms with Crippen molar-refractivity contribution in [3.8, 4) is 0 Å². The first-order valence-corrected chi connectivity index (χ1v) is 11.1. The molecule has 0 radical (unpaired) electrons. The van der Waals surface area contributed by atoms with Crippen LogP contribution in [-0.4, -0.2) is 28.9 Å². The summed E-state index contributed by atoms with van der Waals surface area (Å²) in [5.41, 5.74) is 6.52. The van der Waals surface area contributed by atoms with Crippen molar-refractivity contribution in [3.63, 3.8) is 0 Å². The van der Waals surface area contributed by atoms with Crippen molar-refractivity contribution in [2.24, 2.45) is 23.0 Å². The zero-order valence-corrected chi connectivity index (χ0v) is 16.5. The molecule has 2 unspecified atom stereocenters. The van der Waals surface area contributed by atoms with Crippen molar-refractivity contribution >= 4 is 11.7 Å². The van der Waals surface area contributed by atoms with E-state index in [1.165, 1.54) is 0 Å². The van der Waals surface area contributed by atoms with Crippen molar-refractivity contribution in [1.29, 1.82) is 0 Å². The molecule has 0 aliphatic heterocycles. The molecule has 5 rings (SSSR count). The zero-order valence-electron chi connectivity index (χ0n) is 16.5. The molecule has 4 aliphatic carbocycles. The lowest BCUT2D eigenvalue weighted by Crippen LogP contribution is -2.47. The van der Waals surface area contributed by atoms with Gasteiger partial charge in [-0.15, -0.1) is 0 Å². The van der Waals surface area contributed by atoms with Gasteiger partial charge >= 0.3 is 0 Å². The van der Waals surface area contributed by atoms with E-state index >= 15 is 0 Å². The van der Waals surface area contributed by atoms with Crippen LogP contribution in [0.3, 0.4) is 0 Å². The third-order valence-electron chi connectivity index (χ3n) is 7.71. The van der Waals surface area contributed by atoms with E-state index in [2.05, 4.69) is 10.5 Å². The number of carbonyl (C=O) groups is 2. The predicted octanol–water partition coefficient (Wildman–Crippen LogP) is 3.32. The highest BCUT2D eigenvalue weighted by Crippen LogP contribution is 2.58.